The molecule has 2 N–H and O–H groups in total. The largest absolute Gasteiger partial charge is 0.495 e. The molecule has 0 bridgehead atoms. The molecule has 0 fully saturated rings. The molecule has 1 rings (SSSR count). The molecule has 0 aliphatic heterocycles. The number of hydrogen-bond donors (Lipinski definition) is 1. The van der Waals surface area contributed by atoms with Gasteiger partial charge in [0.05, 0.1) is 19.4 Å². The molecule has 0 heterocycles. The van der Waals surface area contributed by atoms with Crippen LogP contribution in [0.3, 0.4) is 0 Å². The molecule has 0 radical (unpaired) electrons. The number of rotatable bonds is 7. The van der Waals surface area contributed by atoms with E-state index in [1.807, 2.05) is 0 Å². The Labute approximate surface area is 125 Å². The molecule has 5 nitrogen and oxygen atoms in total. The zero-order valence-electron chi connectivity index (χ0n) is 11.9. The number of benzene rings is 1. The second-order valence-electron chi connectivity index (χ2n) is 4.17. The third-order valence-corrected chi connectivity index (χ3v) is 2.41. The fraction of sp³-hybridized carbons (Fsp3) is 0.357. The number of hydrogen-bond acceptors (Lipinski definition) is 5. The molecule has 0 spiro atoms. The van der Waals surface area contributed by atoms with Gasteiger partial charge in [-0.15, -0.1) is 0 Å². The maximum Gasteiger partial charge on any atom is 0.411 e. The standard InChI is InChI=1S/C14H16F3NO4/c1-20-12-8-10(2-4-11(12)18)3-5-13(19)22-7-6-21-9-14(15,16)17/h2-5,8H,6-7,9,18H2,1H3/b5-3+. The fourth-order valence-corrected chi connectivity index (χ4v) is 1.43. The number of nitrogens with two attached hydrogens (primary N) is 1. The minimum absolute atomic E-state index is 0.260. The summed E-state index contributed by atoms with van der Waals surface area (Å²) < 4.78 is 49.3. The first kappa shape index (κ1) is 17.8. The molecule has 0 aromatic heterocycles. The van der Waals surface area contributed by atoms with Crippen LogP contribution in [0.2, 0.25) is 0 Å². The normalized spacial score (nSPS) is 11.6. The van der Waals surface area contributed by atoms with Gasteiger partial charge < -0.3 is 19.9 Å². The van der Waals surface area contributed by atoms with E-state index in [1.54, 1.807) is 18.2 Å². The van der Waals surface area contributed by atoms with E-state index in [0.717, 1.165) is 6.08 Å². The highest BCUT2D eigenvalue weighted by molar-refractivity contribution is 5.87. The molecule has 1 aromatic carbocycles. The van der Waals surface area contributed by atoms with Crippen LogP contribution in [-0.4, -0.2) is 39.1 Å². The van der Waals surface area contributed by atoms with E-state index >= 15 is 0 Å². The third kappa shape index (κ3) is 6.98. The lowest BCUT2D eigenvalue weighted by Crippen LogP contribution is -2.19. The highest BCUT2D eigenvalue weighted by Gasteiger charge is 2.27. The molecule has 0 aliphatic carbocycles. The predicted molar refractivity (Wildman–Crippen MR) is 74.3 cm³/mol. The molecule has 0 saturated heterocycles. The molecular weight excluding hydrogens is 303 g/mol. The first-order valence-corrected chi connectivity index (χ1v) is 6.24. The molecule has 0 unspecified atom stereocenters. The fourth-order valence-electron chi connectivity index (χ4n) is 1.43. The Morgan fingerprint density at radius 3 is 2.68 bits per heavy atom. The van der Waals surface area contributed by atoms with E-state index in [2.05, 4.69) is 9.47 Å². The van der Waals surface area contributed by atoms with Crippen molar-refractivity contribution >= 4 is 17.7 Å². The minimum Gasteiger partial charge on any atom is -0.495 e. The first-order chi connectivity index (χ1) is 10.3. The second-order valence-corrected chi connectivity index (χ2v) is 4.17. The van der Waals surface area contributed by atoms with Crippen molar-refractivity contribution in [2.45, 2.75) is 6.18 Å². The molecule has 0 aliphatic rings. The summed E-state index contributed by atoms with van der Waals surface area (Å²) in [7, 11) is 1.47. The van der Waals surface area contributed by atoms with Crippen LogP contribution in [0.15, 0.2) is 24.3 Å². The van der Waals surface area contributed by atoms with Crippen LogP contribution in [0, 0.1) is 0 Å². The summed E-state index contributed by atoms with van der Waals surface area (Å²) >= 11 is 0. The van der Waals surface area contributed by atoms with Gasteiger partial charge in [-0.05, 0) is 23.8 Å². The number of esters is 1. The van der Waals surface area contributed by atoms with Crippen LogP contribution in [0.4, 0.5) is 18.9 Å². The van der Waals surface area contributed by atoms with E-state index in [9.17, 15) is 18.0 Å². The van der Waals surface area contributed by atoms with Gasteiger partial charge in [-0.2, -0.15) is 13.2 Å². The molecule has 1 aromatic rings. The van der Waals surface area contributed by atoms with Crippen molar-refractivity contribution in [2.75, 3.05) is 32.7 Å². The number of alkyl halides is 3. The van der Waals surface area contributed by atoms with Crippen molar-refractivity contribution in [1.29, 1.82) is 0 Å². The monoisotopic (exact) mass is 319 g/mol. The maximum absolute atomic E-state index is 11.8. The number of carbonyl (C=O) groups is 1. The van der Waals surface area contributed by atoms with E-state index in [4.69, 9.17) is 10.5 Å². The van der Waals surface area contributed by atoms with Crippen LogP contribution in [0.25, 0.3) is 6.08 Å². The van der Waals surface area contributed by atoms with Gasteiger partial charge in [0.15, 0.2) is 0 Å². The summed E-state index contributed by atoms with van der Waals surface area (Å²) in [6, 6.07) is 4.93. The van der Waals surface area contributed by atoms with Gasteiger partial charge in [0, 0.05) is 6.08 Å². The zero-order valence-corrected chi connectivity index (χ0v) is 11.9. The van der Waals surface area contributed by atoms with Crippen molar-refractivity contribution in [3.05, 3.63) is 29.8 Å². The van der Waals surface area contributed by atoms with Gasteiger partial charge in [-0.1, -0.05) is 6.07 Å². The van der Waals surface area contributed by atoms with Crippen molar-refractivity contribution in [3.63, 3.8) is 0 Å². The Morgan fingerprint density at radius 1 is 1.32 bits per heavy atom. The van der Waals surface area contributed by atoms with Gasteiger partial charge in [0.25, 0.3) is 0 Å². The molecule has 0 amide bonds. The molecule has 0 saturated carbocycles. The van der Waals surface area contributed by atoms with Crippen molar-refractivity contribution < 1.29 is 32.2 Å². The summed E-state index contributed by atoms with van der Waals surface area (Å²) in [4.78, 5) is 11.4. The van der Waals surface area contributed by atoms with Crippen molar-refractivity contribution in [3.8, 4) is 5.75 Å². The number of anilines is 1. The number of methoxy groups -OCH3 is 1. The first-order valence-electron chi connectivity index (χ1n) is 6.24. The lowest BCUT2D eigenvalue weighted by molar-refractivity contribution is -0.177. The van der Waals surface area contributed by atoms with E-state index in [-0.39, 0.29) is 13.2 Å². The van der Waals surface area contributed by atoms with Crippen LogP contribution in [0.1, 0.15) is 5.56 Å². The molecule has 8 heteroatoms. The Hall–Kier alpha value is -2.22. The smallest absolute Gasteiger partial charge is 0.411 e. The maximum atomic E-state index is 11.8. The Bertz CT molecular complexity index is 529. The quantitative estimate of drug-likeness (QED) is 0.362. The number of nitrogen functional groups attached to an aromatic ring is 1. The van der Waals surface area contributed by atoms with Crippen LogP contribution >= 0.6 is 0 Å². The average molecular weight is 319 g/mol. The lowest BCUT2D eigenvalue weighted by Gasteiger charge is -2.07. The summed E-state index contributed by atoms with van der Waals surface area (Å²) in [5.41, 5.74) is 6.77. The average Bonchev–Trinajstić information content (AvgIpc) is 2.44. The van der Waals surface area contributed by atoms with Crippen LogP contribution < -0.4 is 10.5 Å². The summed E-state index contributed by atoms with van der Waals surface area (Å²) in [5, 5.41) is 0. The van der Waals surface area contributed by atoms with E-state index in [0.29, 0.717) is 17.0 Å². The topological polar surface area (TPSA) is 70.8 Å². The van der Waals surface area contributed by atoms with Gasteiger partial charge in [0.1, 0.15) is 19.0 Å². The van der Waals surface area contributed by atoms with Crippen molar-refractivity contribution in [2.24, 2.45) is 0 Å². The van der Waals surface area contributed by atoms with E-state index < -0.39 is 18.8 Å². The number of halogens is 3. The van der Waals surface area contributed by atoms with Gasteiger partial charge >= 0.3 is 12.1 Å². The minimum atomic E-state index is -4.39. The summed E-state index contributed by atoms with van der Waals surface area (Å²) in [5.74, 6) is -0.220. The Balaban J connectivity index is 2.35. The van der Waals surface area contributed by atoms with E-state index in [1.165, 1.54) is 13.2 Å². The molecule has 22 heavy (non-hydrogen) atoms. The molecule has 0 atom stereocenters. The third-order valence-electron chi connectivity index (χ3n) is 2.41. The number of carbonyl (C=O) groups excluding carboxylic acids is 1. The lowest BCUT2D eigenvalue weighted by atomic mass is 10.2. The zero-order chi connectivity index (χ0) is 16.6. The van der Waals surface area contributed by atoms with Gasteiger partial charge in [-0.3, -0.25) is 0 Å². The molecular formula is C14H16F3NO4. The van der Waals surface area contributed by atoms with Crippen molar-refractivity contribution in [1.82, 2.24) is 0 Å². The van der Waals surface area contributed by atoms with Gasteiger partial charge in [0.2, 0.25) is 0 Å². The predicted octanol–water partition coefficient (Wildman–Crippen LogP) is 2.41. The highest BCUT2D eigenvalue weighted by atomic mass is 19.4. The number of ether oxygens (including phenoxy) is 3. The second kappa shape index (κ2) is 8.28. The Kier molecular flexibility index (Phi) is 6.71. The Morgan fingerprint density at radius 2 is 2.05 bits per heavy atom. The van der Waals surface area contributed by atoms with Gasteiger partial charge in [-0.25, -0.2) is 4.79 Å². The summed E-state index contributed by atoms with van der Waals surface area (Å²) in [6.45, 7) is -1.95. The molecule has 122 valence electrons. The van der Waals surface area contributed by atoms with Crippen LogP contribution in [0.5, 0.6) is 5.75 Å². The van der Waals surface area contributed by atoms with Crippen LogP contribution in [-0.2, 0) is 14.3 Å². The summed E-state index contributed by atoms with van der Waals surface area (Å²) in [6.07, 6.45) is -1.77. The SMILES string of the molecule is COc1cc(/C=C/C(=O)OCCOCC(F)(F)F)ccc1N. The highest BCUT2D eigenvalue weighted by Crippen LogP contribution is 2.22.